The molecule has 0 aromatic heterocycles. The molecule has 0 aliphatic carbocycles. The van der Waals surface area contributed by atoms with Crippen molar-refractivity contribution in [3.05, 3.63) is 0 Å². The smallest absolute Gasteiger partial charge is 0.303 e. The molecule has 24 nitrogen and oxygen atoms in total. The van der Waals surface area contributed by atoms with Crippen LogP contribution < -0.4 is 43.8 Å². The Morgan fingerprint density at radius 1 is 0.379 bits per heavy atom. The average Bonchev–Trinajstić information content (AvgIpc) is 3.54. The maximum atomic E-state index is 14.1. The predicted molar refractivity (Wildman–Crippen MR) is 328 cm³/mol. The van der Waals surface area contributed by atoms with Crippen LogP contribution in [0, 0.1) is 29.6 Å². The van der Waals surface area contributed by atoms with E-state index in [1.54, 1.807) is 27.7 Å². The Morgan fingerprint density at radius 3 is 1.26 bits per heavy atom. The van der Waals surface area contributed by atoms with Gasteiger partial charge in [0.05, 0.1) is 36.6 Å². The molecule has 0 radical (unpaired) electrons. The molecule has 0 aromatic rings. The second-order valence-corrected chi connectivity index (χ2v) is 23.8. The highest BCUT2D eigenvalue weighted by molar-refractivity contribution is 5.99. The van der Waals surface area contributed by atoms with Gasteiger partial charge in [0.25, 0.3) is 0 Å². The van der Waals surface area contributed by atoms with E-state index in [9.17, 15) is 77.3 Å². The third-order valence-corrected chi connectivity index (χ3v) is 15.9. The van der Waals surface area contributed by atoms with Crippen LogP contribution in [-0.4, -0.2) is 129 Å². The second kappa shape index (κ2) is 46.7. The summed E-state index contributed by atoms with van der Waals surface area (Å²) >= 11 is 0. The van der Waals surface area contributed by atoms with Crippen LogP contribution in [0.5, 0.6) is 0 Å². The second-order valence-electron chi connectivity index (χ2n) is 23.8. The summed E-state index contributed by atoms with van der Waals surface area (Å²) in [5.74, 6) is -15.2. The first-order valence-electron chi connectivity index (χ1n) is 32.0. The molecule has 496 valence electrons. The Balaban J connectivity index is 6.07. The molecule has 24 heteroatoms. The van der Waals surface area contributed by atoms with Crippen molar-refractivity contribution in [2.24, 2.45) is 46.8 Å². The van der Waals surface area contributed by atoms with E-state index in [0.717, 1.165) is 25.7 Å². The molecule has 0 aliphatic rings. The number of carbonyl (C=O) groups excluding carboxylic acids is 12. The molecular weight excluding hydrogens is 1120 g/mol. The number of rotatable bonds is 55. The van der Waals surface area contributed by atoms with Crippen molar-refractivity contribution in [3.8, 4) is 0 Å². The minimum Gasteiger partial charge on any atom is -0.481 e. The quantitative estimate of drug-likeness (QED) is 0.0328. The van der Waals surface area contributed by atoms with E-state index in [0.29, 0.717) is 38.6 Å². The molecule has 0 heterocycles. The highest BCUT2D eigenvalue weighted by Gasteiger charge is 2.36. The van der Waals surface area contributed by atoms with Crippen LogP contribution >= 0.6 is 0 Å². The number of carboxylic acid groups (broad SMARTS) is 2. The number of nitrogens with one attached hydrogen (secondary N) is 5. The number of Topliss-reactive ketones (excluding diaryl/α,β-unsaturated/α-hetero) is 5. The fraction of sp³-hybridized carbons (Fsp3) is 0.778. The van der Waals surface area contributed by atoms with Crippen LogP contribution in [0.3, 0.4) is 0 Å². The number of hydrogen-bond donors (Lipinski definition) is 10. The lowest BCUT2D eigenvalue weighted by atomic mass is 9.84. The van der Waals surface area contributed by atoms with Crippen LogP contribution in [0.4, 0.5) is 0 Å². The fourth-order valence-corrected chi connectivity index (χ4v) is 10.1. The molecule has 0 bridgehead atoms. The molecule has 0 rings (SSSR count). The number of carboxylic acids is 2. The predicted octanol–water partition coefficient (Wildman–Crippen LogP) is 5.67. The lowest BCUT2D eigenvalue weighted by Gasteiger charge is -2.27. The van der Waals surface area contributed by atoms with Gasteiger partial charge in [-0.05, 0) is 63.3 Å². The number of ketones is 5. The summed E-state index contributed by atoms with van der Waals surface area (Å²) in [5, 5.41) is 32.0. The van der Waals surface area contributed by atoms with Crippen molar-refractivity contribution < 1.29 is 77.3 Å². The van der Waals surface area contributed by atoms with Crippen molar-refractivity contribution in [2.45, 2.75) is 278 Å². The van der Waals surface area contributed by atoms with Crippen LogP contribution in [0.15, 0.2) is 0 Å². The van der Waals surface area contributed by atoms with Crippen LogP contribution in [0.2, 0.25) is 0 Å². The summed E-state index contributed by atoms with van der Waals surface area (Å²) < 4.78 is 0. The summed E-state index contributed by atoms with van der Waals surface area (Å²) in [6.45, 7) is 12.4. The van der Waals surface area contributed by atoms with Gasteiger partial charge in [0.1, 0.15) is 0 Å². The molecule has 87 heavy (non-hydrogen) atoms. The molecule has 0 spiro atoms. The van der Waals surface area contributed by atoms with E-state index in [4.69, 9.17) is 17.2 Å². The monoisotopic (exact) mass is 1230 g/mol. The van der Waals surface area contributed by atoms with Gasteiger partial charge < -0.3 is 54.0 Å². The first kappa shape index (κ1) is 80.5. The zero-order valence-electron chi connectivity index (χ0n) is 53.2. The number of unbranched alkanes of at least 4 members (excludes halogenated alkanes) is 13. The van der Waals surface area contributed by atoms with Gasteiger partial charge in [-0.1, -0.05) is 132 Å². The van der Waals surface area contributed by atoms with E-state index in [-0.39, 0.29) is 37.4 Å². The number of carbonyl (C=O) groups is 14. The van der Waals surface area contributed by atoms with Crippen molar-refractivity contribution in [1.29, 1.82) is 0 Å². The minimum atomic E-state index is -1.46. The maximum Gasteiger partial charge on any atom is 0.303 e. The van der Waals surface area contributed by atoms with Gasteiger partial charge in [-0.15, -0.1) is 0 Å². The van der Waals surface area contributed by atoms with Crippen LogP contribution in [0.1, 0.15) is 248 Å². The molecule has 0 fully saturated rings. The highest BCUT2D eigenvalue weighted by atomic mass is 16.4. The lowest BCUT2D eigenvalue weighted by Crippen LogP contribution is -2.49. The molecule has 13 N–H and O–H groups in total. The first-order chi connectivity index (χ1) is 41.1. The Kier molecular flexibility index (Phi) is 43.2. The van der Waals surface area contributed by atoms with Gasteiger partial charge in [0, 0.05) is 82.0 Å². The maximum absolute atomic E-state index is 14.1. The summed E-state index contributed by atoms with van der Waals surface area (Å²) in [6.07, 6.45) is 11.1. The van der Waals surface area contributed by atoms with Gasteiger partial charge in [0.15, 0.2) is 28.9 Å². The van der Waals surface area contributed by atoms with E-state index < -0.39 is 195 Å². The van der Waals surface area contributed by atoms with Gasteiger partial charge in [-0.25, -0.2) is 0 Å². The van der Waals surface area contributed by atoms with Gasteiger partial charge >= 0.3 is 11.9 Å². The van der Waals surface area contributed by atoms with Crippen LogP contribution in [0.25, 0.3) is 0 Å². The summed E-state index contributed by atoms with van der Waals surface area (Å²) in [4.78, 5) is 183. The normalized spacial score (nSPS) is 14.4. The summed E-state index contributed by atoms with van der Waals surface area (Å²) in [7, 11) is 0. The highest BCUT2D eigenvalue weighted by Crippen LogP contribution is 2.24. The van der Waals surface area contributed by atoms with E-state index in [1.165, 1.54) is 58.3 Å². The third-order valence-electron chi connectivity index (χ3n) is 15.9. The van der Waals surface area contributed by atoms with E-state index in [1.807, 2.05) is 6.92 Å². The van der Waals surface area contributed by atoms with Crippen molar-refractivity contribution in [2.75, 3.05) is 6.54 Å². The van der Waals surface area contributed by atoms with Gasteiger partial charge in [-0.2, -0.15) is 0 Å². The summed E-state index contributed by atoms with van der Waals surface area (Å²) in [6, 6.07) is -6.44. The Bertz CT molecular complexity index is 2220. The van der Waals surface area contributed by atoms with Crippen molar-refractivity contribution >= 4 is 82.2 Å². The Hall–Kier alpha value is -6.46. The molecule has 0 saturated carbocycles. The topological polar surface area (TPSA) is 418 Å². The standard InChI is InChI=1S/C63H108N8O16/c1-8-11-12-13-14-15-16-17-18-19-20-21-22-26-57(79)68-49(39-56(66)78)51(73)30-32-58(80)67-46(28-33-59(81)82)53(75)37-43(40(4)5)62(86)71-47(27-31-55(65)77)52(74)36-42(7)61(85)69-48(29-34-60(83)84)54(76)38-44(41(6)9-2)63(87)70-45(50(72)10-3)25-23-24-35-64/h40-49H,8-39,64H2,1-7H3,(H2,65,77)(H2,66,78)(H,67,80)(H,68,79)(H,69,85)(H,70,87)(H,71,86)(H,81,82)(H,83,84)/t41-,42+,43-,44-,45-,46-,47-,48-,49-/m0/s1. The molecule has 0 unspecified atom stereocenters. The molecule has 0 saturated heterocycles. The molecule has 0 aromatic carbocycles. The SMILES string of the molecule is CCCCCCCCCCCCCCCC(=O)N[C@@H](CC(N)=O)C(=O)CCC(=O)N[C@@H](CCC(=O)O)C(=O)C[C@H](C(=O)N[C@@H](CCC(N)=O)C(=O)C[C@@H](C)C(=O)N[C@@H](CCC(=O)O)C(=O)C[C@H](C(=O)N[C@@H](CCCCN)C(=O)CC)[C@@H](C)CC)C(C)C. The summed E-state index contributed by atoms with van der Waals surface area (Å²) in [5.41, 5.74) is 16.4. The lowest BCUT2D eigenvalue weighted by molar-refractivity contribution is -0.139. The largest absolute Gasteiger partial charge is 0.481 e. The third kappa shape index (κ3) is 37.1. The van der Waals surface area contributed by atoms with Gasteiger partial charge in [0.2, 0.25) is 41.4 Å². The molecule has 9 atom stereocenters. The zero-order valence-corrected chi connectivity index (χ0v) is 53.2. The van der Waals surface area contributed by atoms with Crippen LogP contribution in [-0.2, 0) is 67.1 Å². The van der Waals surface area contributed by atoms with Crippen molar-refractivity contribution in [3.63, 3.8) is 0 Å². The Morgan fingerprint density at radius 2 is 0.805 bits per heavy atom. The first-order valence-corrected chi connectivity index (χ1v) is 32.0. The van der Waals surface area contributed by atoms with Crippen molar-refractivity contribution in [1.82, 2.24) is 26.6 Å². The molecule has 7 amide bonds. The number of nitrogens with two attached hydrogens (primary N) is 3. The number of amides is 7. The number of aliphatic carboxylic acids is 2. The van der Waals surface area contributed by atoms with E-state index >= 15 is 0 Å². The fourth-order valence-electron chi connectivity index (χ4n) is 10.1. The Labute approximate surface area is 515 Å². The average molecular weight is 1230 g/mol. The minimum absolute atomic E-state index is 0.115. The van der Waals surface area contributed by atoms with E-state index in [2.05, 4.69) is 33.5 Å². The molecule has 0 aliphatic heterocycles. The molecular formula is C63H108N8O16. The zero-order chi connectivity index (χ0) is 66.0. The number of hydrogen-bond acceptors (Lipinski definition) is 15. The van der Waals surface area contributed by atoms with Gasteiger partial charge in [-0.3, -0.25) is 67.1 Å². The number of primary amides is 2.